The highest BCUT2D eigenvalue weighted by atomic mass is 32.2. The number of nitrogen functional groups attached to an aromatic ring is 1. The lowest BCUT2D eigenvalue weighted by molar-refractivity contribution is 0.813. The van der Waals surface area contributed by atoms with E-state index in [1.165, 1.54) is 17.8 Å². The highest BCUT2D eigenvalue weighted by molar-refractivity contribution is 7.99. The fraction of sp³-hybridized carbons (Fsp3) is 0.385. The monoisotopic (exact) mass is 306 g/mol. The summed E-state index contributed by atoms with van der Waals surface area (Å²) in [5.41, 5.74) is 3.99. The van der Waals surface area contributed by atoms with Crippen LogP contribution in [0.1, 0.15) is 30.4 Å². The number of nitrogens with two attached hydrogens (primary N) is 1. The van der Waals surface area contributed by atoms with Gasteiger partial charge in [-0.05, 0) is 32.0 Å². The van der Waals surface area contributed by atoms with Gasteiger partial charge in [0.05, 0.1) is 0 Å². The van der Waals surface area contributed by atoms with Gasteiger partial charge in [0.15, 0.2) is 5.16 Å². The maximum Gasteiger partial charge on any atom is 0.251 e. The zero-order valence-corrected chi connectivity index (χ0v) is 13.0. The molecule has 0 radical (unpaired) electrons. The normalized spacial score (nSPS) is 10.7. The van der Waals surface area contributed by atoms with E-state index in [1.807, 2.05) is 13.8 Å². The van der Waals surface area contributed by atoms with Crippen molar-refractivity contribution in [1.82, 2.24) is 19.9 Å². The van der Waals surface area contributed by atoms with E-state index in [9.17, 15) is 4.79 Å². The molecule has 2 aromatic heterocycles. The van der Waals surface area contributed by atoms with E-state index in [1.54, 1.807) is 6.92 Å². The van der Waals surface area contributed by atoms with Crippen molar-refractivity contribution < 1.29 is 0 Å². The summed E-state index contributed by atoms with van der Waals surface area (Å²) in [4.78, 5) is 27.4. The second kappa shape index (κ2) is 6.68. The molecule has 2 aromatic rings. The molecule has 7 nitrogen and oxygen atoms in total. The minimum atomic E-state index is -0.156. The van der Waals surface area contributed by atoms with Crippen LogP contribution in [-0.4, -0.2) is 19.9 Å². The number of aromatic amines is 1. The van der Waals surface area contributed by atoms with Crippen LogP contribution in [0, 0.1) is 13.8 Å². The summed E-state index contributed by atoms with van der Waals surface area (Å²) in [7, 11) is 0. The Balaban J connectivity index is 2.38. The summed E-state index contributed by atoms with van der Waals surface area (Å²) < 4.78 is 0. The third-order valence-corrected chi connectivity index (χ3v) is 3.80. The van der Waals surface area contributed by atoms with Gasteiger partial charge in [-0.2, -0.15) is 0 Å². The van der Waals surface area contributed by atoms with E-state index in [0.717, 1.165) is 24.1 Å². The van der Waals surface area contributed by atoms with Gasteiger partial charge in [0, 0.05) is 17.3 Å². The summed E-state index contributed by atoms with van der Waals surface area (Å²) in [6.07, 6.45) is 1.71. The number of H-pyrrole nitrogens is 1. The maximum atomic E-state index is 11.7. The molecule has 0 bridgehead atoms. The van der Waals surface area contributed by atoms with Gasteiger partial charge in [0.25, 0.3) is 5.56 Å². The lowest BCUT2D eigenvalue weighted by Crippen LogP contribution is -2.13. The Morgan fingerprint density at radius 1 is 1.33 bits per heavy atom. The van der Waals surface area contributed by atoms with E-state index in [0.29, 0.717) is 21.8 Å². The third kappa shape index (κ3) is 3.79. The molecule has 0 aliphatic heterocycles. The molecule has 21 heavy (non-hydrogen) atoms. The Bertz CT molecular complexity index is 700. The number of anilines is 1. The van der Waals surface area contributed by atoms with Gasteiger partial charge < -0.3 is 10.4 Å². The minimum Gasteiger partial charge on any atom is -0.308 e. The van der Waals surface area contributed by atoms with E-state index in [4.69, 9.17) is 5.84 Å². The summed E-state index contributed by atoms with van der Waals surface area (Å²) >= 11 is 1.30. The molecule has 112 valence electrons. The van der Waals surface area contributed by atoms with Crippen LogP contribution in [0.15, 0.2) is 21.0 Å². The van der Waals surface area contributed by atoms with E-state index < -0.39 is 0 Å². The summed E-state index contributed by atoms with van der Waals surface area (Å²) in [6.45, 7) is 5.70. The molecular formula is C13H18N6OS. The van der Waals surface area contributed by atoms with Crippen LogP contribution in [0.4, 0.5) is 5.82 Å². The van der Waals surface area contributed by atoms with Gasteiger partial charge in [-0.25, -0.2) is 20.8 Å². The first-order valence-electron chi connectivity index (χ1n) is 6.63. The van der Waals surface area contributed by atoms with Crippen LogP contribution in [0.5, 0.6) is 0 Å². The van der Waals surface area contributed by atoms with Crippen molar-refractivity contribution in [2.24, 2.45) is 5.84 Å². The Labute approximate surface area is 126 Å². The van der Waals surface area contributed by atoms with Crippen LogP contribution in [0.2, 0.25) is 0 Å². The van der Waals surface area contributed by atoms with Gasteiger partial charge in [-0.15, -0.1) is 0 Å². The zero-order valence-electron chi connectivity index (χ0n) is 12.2. The summed E-state index contributed by atoms with van der Waals surface area (Å²) in [5.74, 6) is 6.61. The van der Waals surface area contributed by atoms with Gasteiger partial charge in [0.2, 0.25) is 0 Å². The standard InChI is InChI=1S/C13H18N6OS/c1-4-5-9-6-10(20)18-13(17-9)21-12-7(2)11(19-14)15-8(3)16-12/h6H,4-5,14H2,1-3H3,(H,15,16,19)(H,17,18,20). The highest BCUT2D eigenvalue weighted by Gasteiger charge is 2.12. The van der Waals surface area contributed by atoms with Crippen molar-refractivity contribution in [3.63, 3.8) is 0 Å². The van der Waals surface area contributed by atoms with E-state index in [2.05, 4.69) is 25.4 Å². The second-order valence-corrected chi connectivity index (χ2v) is 5.57. The van der Waals surface area contributed by atoms with Crippen LogP contribution in [0.3, 0.4) is 0 Å². The van der Waals surface area contributed by atoms with Gasteiger partial charge in [0.1, 0.15) is 16.7 Å². The van der Waals surface area contributed by atoms with Gasteiger partial charge in [-0.3, -0.25) is 4.79 Å². The van der Waals surface area contributed by atoms with Crippen LogP contribution < -0.4 is 16.8 Å². The molecule has 8 heteroatoms. The van der Waals surface area contributed by atoms with Gasteiger partial charge in [-0.1, -0.05) is 13.3 Å². The molecule has 0 aromatic carbocycles. The van der Waals surface area contributed by atoms with Crippen LogP contribution in [0.25, 0.3) is 0 Å². The molecule has 0 spiro atoms. The molecule has 0 aliphatic carbocycles. The van der Waals surface area contributed by atoms with Crippen LogP contribution >= 0.6 is 11.8 Å². The number of rotatable bonds is 5. The van der Waals surface area contributed by atoms with Crippen molar-refractivity contribution in [3.8, 4) is 0 Å². The van der Waals surface area contributed by atoms with Crippen molar-refractivity contribution in [2.45, 2.75) is 43.8 Å². The molecule has 2 heterocycles. The minimum absolute atomic E-state index is 0.156. The topological polar surface area (TPSA) is 110 Å². The first kappa shape index (κ1) is 15.5. The average molecular weight is 306 g/mol. The largest absolute Gasteiger partial charge is 0.308 e. The predicted molar refractivity (Wildman–Crippen MR) is 82.3 cm³/mol. The molecule has 0 saturated carbocycles. The SMILES string of the molecule is CCCc1cc(=O)[nH]c(Sc2nc(C)nc(NN)c2C)n1. The number of aryl methyl sites for hydroxylation is 2. The number of hydrogen-bond acceptors (Lipinski definition) is 7. The predicted octanol–water partition coefficient (Wildman–Crippen LogP) is 1.57. The Kier molecular flexibility index (Phi) is 4.92. The molecule has 0 atom stereocenters. The number of aromatic nitrogens is 4. The number of hydrazine groups is 1. The molecule has 4 N–H and O–H groups in total. The first-order valence-corrected chi connectivity index (χ1v) is 7.45. The maximum absolute atomic E-state index is 11.7. The number of nitrogens with zero attached hydrogens (tertiary/aromatic N) is 3. The molecule has 0 aliphatic rings. The molecule has 0 unspecified atom stereocenters. The number of hydrogen-bond donors (Lipinski definition) is 3. The lowest BCUT2D eigenvalue weighted by atomic mass is 10.2. The fourth-order valence-electron chi connectivity index (χ4n) is 1.85. The van der Waals surface area contributed by atoms with Gasteiger partial charge >= 0.3 is 0 Å². The van der Waals surface area contributed by atoms with Crippen molar-refractivity contribution >= 4 is 17.6 Å². The molecule has 0 saturated heterocycles. The first-order chi connectivity index (χ1) is 10.0. The smallest absolute Gasteiger partial charge is 0.251 e. The third-order valence-electron chi connectivity index (χ3n) is 2.82. The molecular weight excluding hydrogens is 288 g/mol. The second-order valence-electron chi connectivity index (χ2n) is 4.59. The Morgan fingerprint density at radius 3 is 2.76 bits per heavy atom. The van der Waals surface area contributed by atoms with Crippen LogP contribution in [-0.2, 0) is 6.42 Å². The quantitative estimate of drug-likeness (QED) is 0.333. The van der Waals surface area contributed by atoms with E-state index >= 15 is 0 Å². The number of nitrogens with one attached hydrogen (secondary N) is 2. The average Bonchev–Trinajstić information content (AvgIpc) is 2.42. The van der Waals surface area contributed by atoms with Crippen molar-refractivity contribution in [1.29, 1.82) is 0 Å². The lowest BCUT2D eigenvalue weighted by Gasteiger charge is -2.10. The van der Waals surface area contributed by atoms with Crippen molar-refractivity contribution in [2.75, 3.05) is 5.43 Å². The molecule has 0 amide bonds. The van der Waals surface area contributed by atoms with Crippen molar-refractivity contribution in [3.05, 3.63) is 33.5 Å². The Morgan fingerprint density at radius 2 is 2.10 bits per heavy atom. The molecule has 2 rings (SSSR count). The zero-order chi connectivity index (χ0) is 15.4. The molecule has 0 fully saturated rings. The summed E-state index contributed by atoms with van der Waals surface area (Å²) in [6, 6.07) is 1.53. The summed E-state index contributed by atoms with van der Waals surface area (Å²) in [5, 5.41) is 1.24. The fourth-order valence-corrected chi connectivity index (χ4v) is 2.78. The Hall–Kier alpha value is -1.93. The highest BCUT2D eigenvalue weighted by Crippen LogP contribution is 2.28. The van der Waals surface area contributed by atoms with E-state index in [-0.39, 0.29) is 5.56 Å².